The zero-order chi connectivity index (χ0) is 21.5. The Morgan fingerprint density at radius 1 is 1.03 bits per heavy atom. The number of anilines is 1. The monoisotopic (exact) mass is 443 g/mol. The highest BCUT2D eigenvalue weighted by Crippen LogP contribution is 2.30. The van der Waals surface area contributed by atoms with E-state index >= 15 is 0 Å². The fourth-order valence-corrected chi connectivity index (χ4v) is 5.09. The summed E-state index contributed by atoms with van der Waals surface area (Å²) in [5, 5.41) is 0. The van der Waals surface area contributed by atoms with E-state index in [1.807, 2.05) is 0 Å². The smallest absolute Gasteiger partial charge is 0.396 e. The molecule has 0 aliphatic heterocycles. The van der Waals surface area contributed by atoms with Gasteiger partial charge >= 0.3 is 4.94 Å². The third-order valence-corrected chi connectivity index (χ3v) is 6.97. The third kappa shape index (κ3) is 3.53. The first kappa shape index (κ1) is 20.0. The highest BCUT2D eigenvalue weighted by Gasteiger charge is 2.33. The van der Waals surface area contributed by atoms with Crippen molar-refractivity contribution in [3.8, 4) is 0 Å². The quantitative estimate of drug-likeness (QED) is 0.469. The van der Waals surface area contributed by atoms with Gasteiger partial charge in [0.2, 0.25) is 0 Å². The molecule has 3 aromatic carbocycles. The van der Waals surface area contributed by atoms with E-state index in [0.717, 1.165) is 35.6 Å². The number of hydrogen-bond acceptors (Lipinski definition) is 6. The maximum Gasteiger partial charge on any atom is 0.396 e. The van der Waals surface area contributed by atoms with Gasteiger partial charge in [0.1, 0.15) is 11.4 Å². The molecule has 0 saturated heterocycles. The fraction of sp³-hybridized carbons (Fsp3) is 0.0476. The number of halogens is 1. The van der Waals surface area contributed by atoms with E-state index < -0.39 is 26.7 Å². The SMILES string of the molecule is Cc1ccccc1C(=O)N(c1ccc2oc(=O)sc2c1)S(=O)(=O)c1ccc(F)cc1. The zero-order valence-electron chi connectivity index (χ0n) is 15.5. The van der Waals surface area contributed by atoms with Crippen LogP contribution in [0.5, 0.6) is 0 Å². The lowest BCUT2D eigenvalue weighted by atomic mass is 10.1. The average Bonchev–Trinajstić information content (AvgIpc) is 3.08. The van der Waals surface area contributed by atoms with Crippen molar-refractivity contribution in [1.29, 1.82) is 0 Å². The normalized spacial score (nSPS) is 11.5. The minimum absolute atomic E-state index is 0.0390. The van der Waals surface area contributed by atoms with Crippen LogP contribution in [0.4, 0.5) is 10.1 Å². The van der Waals surface area contributed by atoms with Crippen LogP contribution in [0, 0.1) is 12.7 Å². The van der Waals surface area contributed by atoms with Crippen LogP contribution in [0.2, 0.25) is 0 Å². The molecule has 0 unspecified atom stereocenters. The Balaban J connectivity index is 1.94. The summed E-state index contributed by atoms with van der Waals surface area (Å²) in [6.07, 6.45) is 0. The van der Waals surface area contributed by atoms with Gasteiger partial charge in [-0.25, -0.2) is 17.6 Å². The number of hydrogen-bond donors (Lipinski definition) is 0. The van der Waals surface area contributed by atoms with Crippen molar-refractivity contribution >= 4 is 43.2 Å². The molecule has 4 rings (SSSR count). The molecule has 0 spiro atoms. The van der Waals surface area contributed by atoms with Crippen LogP contribution >= 0.6 is 11.3 Å². The minimum Gasteiger partial charge on any atom is -0.414 e. The molecule has 0 bridgehead atoms. The van der Waals surface area contributed by atoms with Crippen molar-refractivity contribution in [1.82, 2.24) is 0 Å². The number of benzene rings is 3. The maximum atomic E-state index is 13.4. The van der Waals surface area contributed by atoms with E-state index in [1.165, 1.54) is 24.3 Å². The van der Waals surface area contributed by atoms with Crippen LogP contribution in [-0.4, -0.2) is 14.3 Å². The second-order valence-corrected chi connectivity index (χ2v) is 9.19. The van der Waals surface area contributed by atoms with Gasteiger partial charge in [0.25, 0.3) is 15.9 Å². The molecule has 9 heteroatoms. The summed E-state index contributed by atoms with van der Waals surface area (Å²) in [5.74, 6) is -1.37. The van der Waals surface area contributed by atoms with Gasteiger partial charge in [-0.05, 0) is 61.0 Å². The summed E-state index contributed by atoms with van der Waals surface area (Å²) >= 11 is 0.798. The number of fused-ring (bicyclic) bond motifs is 1. The lowest BCUT2D eigenvalue weighted by molar-refractivity contribution is 0.100. The number of nitrogens with zero attached hydrogens (tertiary/aromatic N) is 1. The molecule has 0 saturated carbocycles. The van der Waals surface area contributed by atoms with Crippen molar-refractivity contribution < 1.29 is 22.0 Å². The van der Waals surface area contributed by atoms with Gasteiger partial charge in [0, 0.05) is 5.56 Å². The third-order valence-electron chi connectivity index (χ3n) is 4.46. The second-order valence-electron chi connectivity index (χ2n) is 6.43. The van der Waals surface area contributed by atoms with Crippen LogP contribution < -0.4 is 9.24 Å². The van der Waals surface area contributed by atoms with E-state index in [1.54, 1.807) is 25.1 Å². The zero-order valence-corrected chi connectivity index (χ0v) is 17.2. The van der Waals surface area contributed by atoms with Gasteiger partial charge in [-0.2, -0.15) is 4.31 Å². The molecule has 0 atom stereocenters. The van der Waals surface area contributed by atoms with E-state index in [9.17, 15) is 22.4 Å². The first-order valence-electron chi connectivity index (χ1n) is 8.72. The predicted molar refractivity (Wildman–Crippen MR) is 112 cm³/mol. The summed E-state index contributed by atoms with van der Waals surface area (Å²) in [5.41, 5.74) is 1.12. The summed E-state index contributed by atoms with van der Waals surface area (Å²) < 4.78 is 46.2. The van der Waals surface area contributed by atoms with Crippen molar-refractivity contribution in [2.75, 3.05) is 4.31 Å². The van der Waals surface area contributed by atoms with Crippen LogP contribution in [0.3, 0.4) is 0 Å². The van der Waals surface area contributed by atoms with E-state index in [-0.39, 0.29) is 21.7 Å². The standard InChI is InChI=1S/C21H14FNO5S2/c1-13-4-2-3-5-17(13)20(24)23(30(26,27)16-9-6-14(22)7-10-16)15-8-11-18-19(12-15)29-21(25)28-18/h2-12H,1H3. The van der Waals surface area contributed by atoms with Crippen LogP contribution in [0.1, 0.15) is 15.9 Å². The second kappa shape index (κ2) is 7.51. The van der Waals surface area contributed by atoms with Crippen molar-refractivity contribution in [3.63, 3.8) is 0 Å². The van der Waals surface area contributed by atoms with E-state index in [2.05, 4.69) is 0 Å². The molecule has 1 aromatic heterocycles. The molecule has 0 fully saturated rings. The molecule has 1 amide bonds. The highest BCUT2D eigenvalue weighted by molar-refractivity contribution is 7.93. The largest absolute Gasteiger partial charge is 0.414 e. The summed E-state index contributed by atoms with van der Waals surface area (Å²) in [6, 6.07) is 15.0. The van der Waals surface area contributed by atoms with Gasteiger partial charge in [-0.3, -0.25) is 4.79 Å². The van der Waals surface area contributed by atoms with E-state index in [0.29, 0.717) is 14.6 Å². The van der Waals surface area contributed by atoms with Gasteiger partial charge in [0.05, 0.1) is 15.3 Å². The Bertz CT molecular complexity index is 1420. The van der Waals surface area contributed by atoms with Gasteiger partial charge in [-0.1, -0.05) is 29.5 Å². The van der Waals surface area contributed by atoms with Crippen LogP contribution in [0.15, 0.2) is 80.8 Å². The molecular formula is C21H14FNO5S2. The number of amides is 1. The maximum absolute atomic E-state index is 13.4. The van der Waals surface area contributed by atoms with Gasteiger partial charge in [-0.15, -0.1) is 0 Å². The van der Waals surface area contributed by atoms with Gasteiger partial charge in [0.15, 0.2) is 0 Å². The Labute approximate surface area is 174 Å². The highest BCUT2D eigenvalue weighted by atomic mass is 32.2. The molecule has 0 aliphatic rings. The molecular weight excluding hydrogens is 429 g/mol. The Morgan fingerprint density at radius 3 is 2.43 bits per heavy atom. The molecule has 0 N–H and O–H groups in total. The number of carbonyl (C=O) groups excluding carboxylic acids is 1. The van der Waals surface area contributed by atoms with Crippen molar-refractivity contribution in [2.24, 2.45) is 0 Å². The Morgan fingerprint density at radius 2 is 1.73 bits per heavy atom. The molecule has 152 valence electrons. The Hall–Kier alpha value is -3.30. The molecule has 0 aliphatic carbocycles. The number of sulfonamides is 1. The molecule has 1 heterocycles. The Kier molecular flexibility index (Phi) is 5.00. The average molecular weight is 443 g/mol. The van der Waals surface area contributed by atoms with Crippen LogP contribution in [0.25, 0.3) is 10.3 Å². The fourth-order valence-electron chi connectivity index (χ4n) is 2.99. The lowest BCUT2D eigenvalue weighted by Crippen LogP contribution is -2.37. The van der Waals surface area contributed by atoms with E-state index in [4.69, 9.17) is 4.42 Å². The minimum atomic E-state index is -4.38. The number of aryl methyl sites for hydroxylation is 1. The summed E-state index contributed by atoms with van der Waals surface area (Å²) in [6.45, 7) is 1.70. The molecule has 4 aromatic rings. The molecule has 0 radical (unpaired) electrons. The molecule has 30 heavy (non-hydrogen) atoms. The summed E-state index contributed by atoms with van der Waals surface area (Å²) in [4.78, 5) is 24.1. The first-order valence-corrected chi connectivity index (χ1v) is 11.0. The number of carbonyl (C=O) groups is 1. The molecule has 6 nitrogen and oxygen atoms in total. The van der Waals surface area contributed by atoms with Crippen LogP contribution in [-0.2, 0) is 10.0 Å². The van der Waals surface area contributed by atoms with Gasteiger partial charge < -0.3 is 4.42 Å². The topological polar surface area (TPSA) is 84.7 Å². The van der Waals surface area contributed by atoms with Crippen molar-refractivity contribution in [3.05, 3.63) is 93.4 Å². The lowest BCUT2D eigenvalue weighted by Gasteiger charge is -2.23. The first-order chi connectivity index (χ1) is 14.3. The summed E-state index contributed by atoms with van der Waals surface area (Å²) in [7, 11) is -4.38. The predicted octanol–water partition coefficient (Wildman–Crippen LogP) is 4.34. The van der Waals surface area contributed by atoms with Crippen molar-refractivity contribution in [2.45, 2.75) is 11.8 Å². The number of rotatable bonds is 4.